The van der Waals surface area contributed by atoms with E-state index >= 15 is 0 Å². The first kappa shape index (κ1) is 16.4. The number of benzene rings is 2. The lowest BCUT2D eigenvalue weighted by Gasteiger charge is -2.04. The number of halogens is 1. The Bertz CT molecular complexity index is 1370. The standard InChI is InChI=1S/C21H13ClN6/c22-17-7-15(8-19-16(17)3-4-25-19)26-21-27-18-2-1-13(6-20(18)28-21)14-5-12(9-23)10-24-11-14/h1-8,10-11,25H,(H2,26,27,28). The topological polar surface area (TPSA) is 93.2 Å². The van der Waals surface area contributed by atoms with Gasteiger partial charge in [-0.1, -0.05) is 17.7 Å². The van der Waals surface area contributed by atoms with Gasteiger partial charge in [0.1, 0.15) is 6.07 Å². The van der Waals surface area contributed by atoms with Crippen molar-refractivity contribution in [3.63, 3.8) is 0 Å². The Morgan fingerprint density at radius 2 is 1.93 bits per heavy atom. The Hall–Kier alpha value is -3.82. The number of hydrogen-bond acceptors (Lipinski definition) is 4. The van der Waals surface area contributed by atoms with Crippen LogP contribution < -0.4 is 5.32 Å². The largest absolute Gasteiger partial charge is 0.361 e. The van der Waals surface area contributed by atoms with E-state index in [1.807, 2.05) is 48.7 Å². The van der Waals surface area contributed by atoms with Gasteiger partial charge in [-0.3, -0.25) is 4.98 Å². The number of rotatable bonds is 3. The first-order valence-corrected chi connectivity index (χ1v) is 8.96. The minimum absolute atomic E-state index is 0.529. The minimum Gasteiger partial charge on any atom is -0.361 e. The molecule has 3 heterocycles. The number of aromatic nitrogens is 4. The van der Waals surface area contributed by atoms with Gasteiger partial charge in [0.2, 0.25) is 5.95 Å². The molecule has 0 aliphatic rings. The molecule has 0 saturated carbocycles. The fraction of sp³-hybridized carbons (Fsp3) is 0. The Balaban J connectivity index is 1.50. The molecule has 5 rings (SSSR count). The molecule has 0 spiro atoms. The summed E-state index contributed by atoms with van der Waals surface area (Å²) in [4.78, 5) is 15.2. The molecule has 3 aromatic heterocycles. The van der Waals surface area contributed by atoms with Crippen LogP contribution >= 0.6 is 11.6 Å². The maximum atomic E-state index is 9.07. The van der Waals surface area contributed by atoms with Gasteiger partial charge in [-0.05, 0) is 42.0 Å². The minimum atomic E-state index is 0.529. The zero-order chi connectivity index (χ0) is 19.1. The Labute approximate surface area is 164 Å². The zero-order valence-corrected chi connectivity index (χ0v) is 15.2. The van der Waals surface area contributed by atoms with Crippen molar-refractivity contribution in [1.82, 2.24) is 19.9 Å². The molecular formula is C21H13ClN6. The number of nitrogens with zero attached hydrogens (tertiary/aromatic N) is 3. The summed E-state index contributed by atoms with van der Waals surface area (Å²) >= 11 is 6.34. The van der Waals surface area contributed by atoms with E-state index in [2.05, 4.69) is 31.3 Å². The fourth-order valence-corrected chi connectivity index (χ4v) is 3.52. The van der Waals surface area contributed by atoms with Crippen molar-refractivity contribution in [1.29, 1.82) is 5.26 Å². The summed E-state index contributed by atoms with van der Waals surface area (Å²) in [6, 6.07) is 15.6. The van der Waals surface area contributed by atoms with E-state index in [0.29, 0.717) is 16.5 Å². The molecule has 28 heavy (non-hydrogen) atoms. The average molecular weight is 385 g/mol. The lowest BCUT2D eigenvalue weighted by Crippen LogP contribution is -1.92. The van der Waals surface area contributed by atoms with Gasteiger partial charge < -0.3 is 15.3 Å². The summed E-state index contributed by atoms with van der Waals surface area (Å²) in [5.41, 5.74) is 5.89. The number of nitriles is 1. The number of H-pyrrole nitrogens is 2. The second kappa shape index (κ2) is 6.41. The van der Waals surface area contributed by atoms with Gasteiger partial charge in [0, 0.05) is 40.7 Å². The van der Waals surface area contributed by atoms with Gasteiger partial charge in [-0.2, -0.15) is 5.26 Å². The molecule has 7 heteroatoms. The SMILES string of the molecule is N#Cc1cncc(-c2ccc3nc(Nc4cc(Cl)c5cc[nH]c5c4)[nH]c3c2)c1. The van der Waals surface area contributed by atoms with E-state index in [1.54, 1.807) is 12.4 Å². The van der Waals surface area contributed by atoms with Gasteiger partial charge in [0.25, 0.3) is 0 Å². The van der Waals surface area contributed by atoms with Gasteiger partial charge in [0.05, 0.1) is 21.6 Å². The van der Waals surface area contributed by atoms with Crippen LogP contribution in [-0.4, -0.2) is 19.9 Å². The fourth-order valence-electron chi connectivity index (χ4n) is 3.24. The highest BCUT2D eigenvalue weighted by Gasteiger charge is 2.08. The first-order chi connectivity index (χ1) is 13.7. The second-order valence-electron chi connectivity index (χ2n) is 6.41. The van der Waals surface area contributed by atoms with Gasteiger partial charge >= 0.3 is 0 Å². The quantitative estimate of drug-likeness (QED) is 0.389. The van der Waals surface area contributed by atoms with E-state index in [9.17, 15) is 0 Å². The van der Waals surface area contributed by atoms with Crippen LogP contribution in [0.5, 0.6) is 0 Å². The third-order valence-corrected chi connectivity index (χ3v) is 4.88. The van der Waals surface area contributed by atoms with Crippen molar-refractivity contribution in [2.75, 3.05) is 5.32 Å². The van der Waals surface area contributed by atoms with E-state index in [4.69, 9.17) is 16.9 Å². The van der Waals surface area contributed by atoms with Gasteiger partial charge in [-0.15, -0.1) is 0 Å². The molecule has 134 valence electrons. The molecule has 0 bridgehead atoms. The van der Waals surface area contributed by atoms with Gasteiger partial charge in [-0.25, -0.2) is 4.98 Å². The molecule has 0 fully saturated rings. The van der Waals surface area contributed by atoms with Crippen LogP contribution in [0.3, 0.4) is 0 Å². The summed E-state index contributed by atoms with van der Waals surface area (Å²) in [6.07, 6.45) is 5.15. The monoisotopic (exact) mass is 384 g/mol. The molecule has 0 aliphatic heterocycles. The zero-order valence-electron chi connectivity index (χ0n) is 14.5. The molecule has 3 N–H and O–H groups in total. The third-order valence-electron chi connectivity index (χ3n) is 4.56. The van der Waals surface area contributed by atoms with Crippen LogP contribution in [-0.2, 0) is 0 Å². The lowest BCUT2D eigenvalue weighted by molar-refractivity contribution is 1.30. The number of imidazole rings is 1. The van der Waals surface area contributed by atoms with E-state index in [-0.39, 0.29) is 0 Å². The van der Waals surface area contributed by atoms with Crippen molar-refractivity contribution in [3.8, 4) is 17.2 Å². The summed E-state index contributed by atoms with van der Waals surface area (Å²) in [6.45, 7) is 0. The Morgan fingerprint density at radius 1 is 1.00 bits per heavy atom. The van der Waals surface area contributed by atoms with Gasteiger partial charge in [0.15, 0.2) is 0 Å². The van der Waals surface area contributed by atoms with Crippen LogP contribution in [0.2, 0.25) is 5.02 Å². The molecule has 0 amide bonds. The summed E-state index contributed by atoms with van der Waals surface area (Å²) < 4.78 is 0. The number of fused-ring (bicyclic) bond motifs is 2. The predicted octanol–water partition coefficient (Wildman–Crippen LogP) is 5.37. The number of aromatic amines is 2. The molecule has 5 aromatic rings. The van der Waals surface area contributed by atoms with Crippen molar-refractivity contribution in [2.45, 2.75) is 0 Å². The Kier molecular flexibility index (Phi) is 3.75. The number of anilines is 2. The molecule has 0 aliphatic carbocycles. The summed E-state index contributed by atoms with van der Waals surface area (Å²) in [7, 11) is 0. The van der Waals surface area contributed by atoms with Crippen LogP contribution in [0.1, 0.15) is 5.56 Å². The average Bonchev–Trinajstić information content (AvgIpc) is 3.34. The molecular weight excluding hydrogens is 372 g/mol. The summed E-state index contributed by atoms with van der Waals surface area (Å²) in [5.74, 6) is 0.623. The lowest BCUT2D eigenvalue weighted by atomic mass is 10.1. The molecule has 0 unspecified atom stereocenters. The van der Waals surface area contributed by atoms with Crippen LogP contribution in [0.15, 0.2) is 61.1 Å². The van der Waals surface area contributed by atoms with Crippen molar-refractivity contribution in [2.24, 2.45) is 0 Å². The predicted molar refractivity (Wildman–Crippen MR) is 111 cm³/mol. The van der Waals surface area contributed by atoms with Crippen LogP contribution in [0.4, 0.5) is 11.6 Å². The molecule has 0 atom stereocenters. The van der Waals surface area contributed by atoms with E-state index in [1.165, 1.54) is 0 Å². The van der Waals surface area contributed by atoms with Crippen LogP contribution in [0, 0.1) is 11.3 Å². The first-order valence-electron chi connectivity index (χ1n) is 8.58. The molecule has 0 saturated heterocycles. The summed E-state index contributed by atoms with van der Waals surface area (Å²) in [5, 5.41) is 14.0. The van der Waals surface area contributed by atoms with Crippen LogP contribution in [0.25, 0.3) is 33.1 Å². The highest BCUT2D eigenvalue weighted by Crippen LogP contribution is 2.29. The molecule has 0 radical (unpaired) electrons. The van der Waals surface area contributed by atoms with E-state index < -0.39 is 0 Å². The van der Waals surface area contributed by atoms with Crippen molar-refractivity contribution < 1.29 is 0 Å². The maximum Gasteiger partial charge on any atom is 0.205 e. The third kappa shape index (κ3) is 2.84. The van der Waals surface area contributed by atoms with Crippen molar-refractivity contribution in [3.05, 3.63) is 71.6 Å². The Morgan fingerprint density at radius 3 is 2.82 bits per heavy atom. The van der Waals surface area contributed by atoms with E-state index in [0.717, 1.165) is 38.8 Å². The molecule has 2 aromatic carbocycles. The second-order valence-corrected chi connectivity index (χ2v) is 6.82. The normalized spacial score (nSPS) is 11.0. The maximum absolute atomic E-state index is 9.07. The van der Waals surface area contributed by atoms with Crippen molar-refractivity contribution >= 4 is 45.2 Å². The number of pyridine rings is 1. The number of nitrogens with one attached hydrogen (secondary N) is 3. The highest BCUT2D eigenvalue weighted by atomic mass is 35.5. The number of hydrogen-bond donors (Lipinski definition) is 3. The smallest absolute Gasteiger partial charge is 0.205 e. The molecule has 6 nitrogen and oxygen atoms in total. The highest BCUT2D eigenvalue weighted by molar-refractivity contribution is 6.35.